The third-order valence-electron chi connectivity index (χ3n) is 10.5. The van der Waals surface area contributed by atoms with Crippen LogP contribution in [0.15, 0.2) is 93.9 Å². The van der Waals surface area contributed by atoms with Gasteiger partial charge in [-0.3, -0.25) is 14.4 Å². The van der Waals surface area contributed by atoms with Crippen molar-refractivity contribution in [3.05, 3.63) is 125 Å². The maximum absolute atomic E-state index is 13.8. The van der Waals surface area contributed by atoms with Crippen LogP contribution in [-0.2, 0) is 27.2 Å². The number of nitrogens with zero attached hydrogens (tertiary/aromatic N) is 5. The number of rotatable bonds is 6. The molecule has 4 fully saturated rings. The van der Waals surface area contributed by atoms with Crippen molar-refractivity contribution < 1.29 is 24.0 Å². The average molecular weight is 980 g/mol. The number of piperazine rings is 2. The Morgan fingerprint density at radius 2 is 1.05 bits per heavy atom. The molecule has 4 aliphatic heterocycles. The van der Waals surface area contributed by atoms with Gasteiger partial charge in [0.25, 0.3) is 11.8 Å². The van der Waals surface area contributed by atoms with Crippen LogP contribution in [0, 0.1) is 0 Å². The molecular weight excluding hydrogens is 946 g/mol. The first-order valence-electron chi connectivity index (χ1n) is 17.8. The van der Waals surface area contributed by atoms with Crippen LogP contribution in [0.25, 0.3) is 0 Å². The Bertz CT molecular complexity index is 2240. The van der Waals surface area contributed by atoms with Crippen molar-refractivity contribution in [3.8, 4) is 0 Å². The molecule has 11 nitrogen and oxygen atoms in total. The number of fused-ring (bicyclic) bond motifs is 2. The normalized spacial score (nSPS) is 21.8. The molecule has 296 valence electrons. The zero-order valence-electron chi connectivity index (χ0n) is 30.3. The molecule has 0 bridgehead atoms. The second-order valence-electron chi connectivity index (χ2n) is 14.2. The van der Waals surface area contributed by atoms with Crippen molar-refractivity contribution in [2.45, 2.75) is 30.8 Å². The molecule has 2 atom stereocenters. The molecule has 8 rings (SSSR count). The van der Waals surface area contributed by atoms with Gasteiger partial charge < -0.3 is 20.0 Å². The van der Waals surface area contributed by atoms with Crippen LogP contribution in [0.5, 0.6) is 0 Å². The number of imide groups is 2. The van der Waals surface area contributed by atoms with Gasteiger partial charge >= 0.3 is 12.1 Å². The van der Waals surface area contributed by atoms with Crippen molar-refractivity contribution >= 4 is 119 Å². The Morgan fingerprint density at radius 1 is 0.632 bits per heavy atom. The second-order valence-corrected chi connectivity index (χ2v) is 17.8. The summed E-state index contributed by atoms with van der Waals surface area (Å²) in [5.41, 5.74) is 0.440. The quantitative estimate of drug-likeness (QED) is 0.194. The van der Waals surface area contributed by atoms with Crippen LogP contribution in [-0.4, -0.2) is 94.8 Å². The van der Waals surface area contributed by atoms with Gasteiger partial charge in [-0.2, -0.15) is 0 Å². The van der Waals surface area contributed by atoms with Gasteiger partial charge in [-0.1, -0.05) is 103 Å². The van der Waals surface area contributed by atoms with Gasteiger partial charge in [0, 0.05) is 81.5 Å². The van der Waals surface area contributed by atoms with E-state index in [1.165, 1.54) is 24.0 Å². The first-order chi connectivity index (χ1) is 27.1. The van der Waals surface area contributed by atoms with E-state index in [9.17, 15) is 24.0 Å². The van der Waals surface area contributed by atoms with E-state index in [-0.39, 0.29) is 36.8 Å². The number of amides is 7. The minimum absolute atomic E-state index is 0.130. The predicted molar refractivity (Wildman–Crippen MR) is 228 cm³/mol. The van der Waals surface area contributed by atoms with Gasteiger partial charge in [-0.25, -0.2) is 19.4 Å². The highest BCUT2D eigenvalue weighted by molar-refractivity contribution is 9.10. The second kappa shape index (κ2) is 16.5. The van der Waals surface area contributed by atoms with Crippen molar-refractivity contribution in [2.75, 3.05) is 49.1 Å². The van der Waals surface area contributed by atoms with Crippen LogP contribution < -0.4 is 15.1 Å². The first kappa shape index (κ1) is 41.5. The summed E-state index contributed by atoms with van der Waals surface area (Å²) >= 11 is 31.3. The van der Waals surface area contributed by atoms with E-state index < -0.39 is 17.1 Å². The first-order valence-corrected chi connectivity index (χ1v) is 20.9. The lowest BCUT2D eigenvalue weighted by molar-refractivity contribution is -0.137. The van der Waals surface area contributed by atoms with Crippen LogP contribution in [0.2, 0.25) is 20.1 Å². The molecule has 0 saturated carbocycles. The fourth-order valence-electron chi connectivity index (χ4n) is 7.87. The van der Waals surface area contributed by atoms with Crippen LogP contribution in [0.1, 0.15) is 18.1 Å². The molecule has 57 heavy (non-hydrogen) atoms. The monoisotopic (exact) mass is 976 g/mol. The number of nitrogens with one attached hydrogen (secondary N) is 1. The lowest BCUT2D eigenvalue weighted by Gasteiger charge is -2.44. The van der Waals surface area contributed by atoms with E-state index in [2.05, 4.69) is 37.2 Å². The number of halogens is 6. The lowest BCUT2D eigenvalue weighted by atomic mass is 9.86. The van der Waals surface area contributed by atoms with E-state index in [4.69, 9.17) is 46.4 Å². The molecule has 0 spiro atoms. The van der Waals surface area contributed by atoms with E-state index in [1.807, 2.05) is 48.5 Å². The highest BCUT2D eigenvalue weighted by Gasteiger charge is 2.61. The lowest BCUT2D eigenvalue weighted by Crippen LogP contribution is -2.64. The highest BCUT2D eigenvalue weighted by Crippen LogP contribution is 2.40. The summed E-state index contributed by atoms with van der Waals surface area (Å²) in [5.74, 6) is -0.782. The third kappa shape index (κ3) is 8.04. The number of hydrogen-bond acceptors (Lipinski definition) is 6. The number of carbonyl (C=O) groups excluding carboxylic acids is 5. The number of hydrogen-bond donors (Lipinski definition) is 1. The Kier molecular flexibility index (Phi) is 12.0. The van der Waals surface area contributed by atoms with Gasteiger partial charge in [0.05, 0.1) is 17.9 Å². The van der Waals surface area contributed by atoms with Crippen molar-refractivity contribution in [1.29, 1.82) is 0 Å². The third-order valence-corrected chi connectivity index (χ3v) is 12.5. The standard InChI is InChI=1S/C21H18BrCl2N3O3.C19H16BrCl2N3O2/c1-13(28)25-6-7-26-20(30)27(18-9-16(23)8-17(24)10-18)19(29)21(26,12-25)11-14-2-4-15(22)5-3-14;20-13-3-1-12(2-4-13)10-19-11-23-5-6-24(19)18(27)25(17(19)26)16-8-14(21)7-15(22)9-16/h2-5,8-10H,6-7,11-12H2,1H3;1-4,7-9,23H,5-6,10-11H2. The van der Waals surface area contributed by atoms with Crippen LogP contribution in [0.4, 0.5) is 21.0 Å². The maximum atomic E-state index is 13.8. The summed E-state index contributed by atoms with van der Waals surface area (Å²) in [6, 6.07) is 24.0. The molecule has 4 aromatic rings. The van der Waals surface area contributed by atoms with E-state index in [0.29, 0.717) is 70.5 Å². The smallest absolute Gasteiger partial charge is 0.332 e. The summed E-state index contributed by atoms with van der Waals surface area (Å²) < 4.78 is 1.88. The molecular formula is C40H34Br2Cl4N6O5. The summed E-state index contributed by atoms with van der Waals surface area (Å²) in [7, 11) is 0. The predicted octanol–water partition coefficient (Wildman–Crippen LogP) is 8.48. The zero-order valence-corrected chi connectivity index (χ0v) is 36.5. The van der Waals surface area contributed by atoms with Crippen molar-refractivity contribution in [3.63, 3.8) is 0 Å². The van der Waals surface area contributed by atoms with Crippen LogP contribution >= 0.6 is 78.3 Å². The number of urea groups is 2. The van der Waals surface area contributed by atoms with E-state index in [0.717, 1.165) is 25.0 Å². The molecule has 17 heteroatoms. The Labute approximate surface area is 366 Å². The van der Waals surface area contributed by atoms with Crippen LogP contribution in [0.3, 0.4) is 0 Å². The van der Waals surface area contributed by atoms with Gasteiger partial charge in [0.15, 0.2) is 0 Å². The number of benzene rings is 4. The van der Waals surface area contributed by atoms with Gasteiger partial charge in [-0.15, -0.1) is 0 Å². The Balaban J connectivity index is 0.000000175. The fourth-order valence-corrected chi connectivity index (χ4v) is 9.43. The molecule has 0 radical (unpaired) electrons. The van der Waals surface area contributed by atoms with Gasteiger partial charge in [0.2, 0.25) is 5.91 Å². The molecule has 1 N–H and O–H groups in total. The minimum Gasteiger partial charge on any atom is -0.338 e. The topological polar surface area (TPSA) is 114 Å². The van der Waals surface area contributed by atoms with Crippen molar-refractivity contribution in [1.82, 2.24) is 20.0 Å². The van der Waals surface area contributed by atoms with E-state index >= 15 is 0 Å². The Morgan fingerprint density at radius 3 is 1.51 bits per heavy atom. The Hall–Kier alpha value is -3.69. The number of anilines is 2. The summed E-state index contributed by atoms with van der Waals surface area (Å²) in [6.07, 6.45) is 0.724. The average Bonchev–Trinajstić information content (AvgIpc) is 3.51. The minimum atomic E-state index is -1.19. The molecule has 2 unspecified atom stereocenters. The largest absolute Gasteiger partial charge is 0.338 e. The van der Waals surface area contributed by atoms with Crippen molar-refractivity contribution in [2.24, 2.45) is 0 Å². The van der Waals surface area contributed by atoms with E-state index in [1.54, 1.807) is 39.0 Å². The molecule has 0 aliphatic carbocycles. The van der Waals surface area contributed by atoms with Gasteiger partial charge in [0.1, 0.15) is 11.1 Å². The molecule has 4 aromatic carbocycles. The highest BCUT2D eigenvalue weighted by atomic mass is 79.9. The molecule has 4 heterocycles. The molecule has 4 saturated heterocycles. The SMILES string of the molecule is CC(=O)N1CCN2C(=O)N(c3cc(Cl)cc(Cl)c3)C(=O)C2(Cc2ccc(Br)cc2)C1.O=C1N(c2cc(Cl)cc(Cl)c2)C(=O)C2(Cc3ccc(Br)cc3)CNCCN12. The maximum Gasteiger partial charge on any atom is 0.332 e. The fraction of sp³-hybridized carbons (Fsp3) is 0.275. The molecule has 0 aromatic heterocycles. The summed E-state index contributed by atoms with van der Waals surface area (Å²) in [4.78, 5) is 73.0. The molecule has 7 amide bonds. The summed E-state index contributed by atoms with van der Waals surface area (Å²) in [6.45, 7) is 3.76. The summed E-state index contributed by atoms with van der Waals surface area (Å²) in [5, 5.41) is 4.69. The molecule has 4 aliphatic rings. The zero-order chi connectivity index (χ0) is 40.8. The van der Waals surface area contributed by atoms with Gasteiger partial charge in [-0.05, 0) is 71.8 Å². The number of carbonyl (C=O) groups is 5.